The van der Waals surface area contributed by atoms with E-state index in [9.17, 15) is 5.11 Å². The molecule has 4 nitrogen and oxygen atoms in total. The van der Waals surface area contributed by atoms with Crippen molar-refractivity contribution >= 4 is 0 Å². The molecular weight excluding hydrogens is 290 g/mol. The zero-order chi connectivity index (χ0) is 16.4. The van der Waals surface area contributed by atoms with E-state index in [1.165, 1.54) is 0 Å². The molecule has 0 aliphatic heterocycles. The lowest BCUT2D eigenvalue weighted by atomic mass is 10.00. The summed E-state index contributed by atoms with van der Waals surface area (Å²) in [4.78, 5) is 0. The first-order valence-electron chi connectivity index (χ1n) is 7.45. The molecule has 0 saturated carbocycles. The van der Waals surface area contributed by atoms with Gasteiger partial charge in [-0.3, -0.25) is 0 Å². The molecule has 0 saturated heterocycles. The molecule has 23 heavy (non-hydrogen) atoms. The molecule has 4 heteroatoms. The van der Waals surface area contributed by atoms with Gasteiger partial charge in [-0.15, -0.1) is 0 Å². The lowest BCUT2D eigenvalue weighted by molar-refractivity contribution is 0.281. The number of benzene rings is 2. The third-order valence-corrected chi connectivity index (χ3v) is 3.79. The van der Waals surface area contributed by atoms with Gasteiger partial charge in [0.25, 0.3) is 0 Å². The van der Waals surface area contributed by atoms with Crippen molar-refractivity contribution in [2.45, 2.75) is 20.5 Å². The van der Waals surface area contributed by atoms with Crippen LogP contribution in [-0.4, -0.2) is 17.4 Å². The van der Waals surface area contributed by atoms with Crippen LogP contribution >= 0.6 is 0 Å². The van der Waals surface area contributed by atoms with Crippen molar-refractivity contribution in [3.8, 4) is 28.3 Å². The number of nitrogens with zero attached hydrogens (tertiary/aromatic N) is 1. The lowest BCUT2D eigenvalue weighted by Gasteiger charge is -2.07. The number of aliphatic hydroxyl groups excluding tert-OH is 1. The quantitative estimate of drug-likeness (QED) is 0.787. The van der Waals surface area contributed by atoms with Crippen molar-refractivity contribution in [2.24, 2.45) is 0 Å². The summed E-state index contributed by atoms with van der Waals surface area (Å²) >= 11 is 0. The van der Waals surface area contributed by atoms with Crippen LogP contribution in [-0.2, 0) is 6.61 Å². The van der Waals surface area contributed by atoms with Gasteiger partial charge in [0.15, 0.2) is 5.76 Å². The van der Waals surface area contributed by atoms with Crippen molar-refractivity contribution in [2.75, 3.05) is 7.11 Å². The van der Waals surface area contributed by atoms with Crippen LogP contribution in [0.1, 0.15) is 16.7 Å². The number of aliphatic hydroxyl groups is 1. The highest BCUT2D eigenvalue weighted by Crippen LogP contribution is 2.36. The van der Waals surface area contributed by atoms with Gasteiger partial charge in [0.2, 0.25) is 0 Å². The molecule has 0 spiro atoms. The molecule has 1 aromatic heterocycles. The Bertz CT molecular complexity index is 816. The number of methoxy groups -OCH3 is 1. The van der Waals surface area contributed by atoms with Crippen LogP contribution in [0.2, 0.25) is 0 Å². The van der Waals surface area contributed by atoms with Crippen molar-refractivity contribution in [3.63, 3.8) is 0 Å². The van der Waals surface area contributed by atoms with Gasteiger partial charge in [-0.05, 0) is 38.1 Å². The molecule has 118 valence electrons. The first-order chi connectivity index (χ1) is 11.1. The van der Waals surface area contributed by atoms with Crippen molar-refractivity contribution in [1.29, 1.82) is 0 Å². The van der Waals surface area contributed by atoms with Gasteiger partial charge in [-0.1, -0.05) is 34.5 Å². The molecule has 0 radical (unpaired) electrons. The summed E-state index contributed by atoms with van der Waals surface area (Å²) in [5.41, 5.74) is 5.27. The maximum atomic E-state index is 9.87. The monoisotopic (exact) mass is 309 g/mol. The first-order valence-corrected chi connectivity index (χ1v) is 7.45. The summed E-state index contributed by atoms with van der Waals surface area (Å²) in [6.45, 7) is 3.92. The Labute approximate surface area is 135 Å². The zero-order valence-corrected chi connectivity index (χ0v) is 13.5. The van der Waals surface area contributed by atoms with Crippen LogP contribution in [0.5, 0.6) is 5.75 Å². The third-order valence-electron chi connectivity index (χ3n) is 3.79. The Balaban J connectivity index is 2.17. The van der Waals surface area contributed by atoms with Gasteiger partial charge in [-0.2, -0.15) is 0 Å². The van der Waals surface area contributed by atoms with E-state index in [2.05, 4.69) is 11.2 Å². The van der Waals surface area contributed by atoms with Crippen LogP contribution in [0.3, 0.4) is 0 Å². The minimum Gasteiger partial charge on any atom is -0.496 e. The average molecular weight is 309 g/mol. The summed E-state index contributed by atoms with van der Waals surface area (Å²) in [6.07, 6.45) is 0. The maximum absolute atomic E-state index is 9.87. The fourth-order valence-corrected chi connectivity index (χ4v) is 2.84. The summed E-state index contributed by atoms with van der Waals surface area (Å²) in [5.74, 6) is 1.29. The van der Waals surface area contributed by atoms with Gasteiger partial charge in [0.05, 0.1) is 19.3 Å². The van der Waals surface area contributed by atoms with E-state index >= 15 is 0 Å². The highest BCUT2D eigenvalue weighted by molar-refractivity contribution is 5.76. The summed E-state index contributed by atoms with van der Waals surface area (Å²) < 4.78 is 11.0. The van der Waals surface area contributed by atoms with Gasteiger partial charge in [0.1, 0.15) is 11.4 Å². The average Bonchev–Trinajstić information content (AvgIpc) is 2.97. The largest absolute Gasteiger partial charge is 0.496 e. The normalized spacial score (nSPS) is 10.8. The number of rotatable bonds is 4. The van der Waals surface area contributed by atoms with Gasteiger partial charge in [0, 0.05) is 11.1 Å². The lowest BCUT2D eigenvalue weighted by Crippen LogP contribution is -1.93. The van der Waals surface area contributed by atoms with Gasteiger partial charge >= 0.3 is 0 Å². The number of ether oxygens (including phenoxy) is 1. The van der Waals surface area contributed by atoms with Crippen LogP contribution < -0.4 is 4.74 Å². The molecule has 1 N–H and O–H groups in total. The second kappa shape index (κ2) is 6.26. The van der Waals surface area contributed by atoms with Crippen LogP contribution in [0.15, 0.2) is 47.0 Å². The second-order valence-corrected chi connectivity index (χ2v) is 5.57. The van der Waals surface area contributed by atoms with Crippen LogP contribution in [0, 0.1) is 13.8 Å². The van der Waals surface area contributed by atoms with Crippen molar-refractivity contribution in [1.82, 2.24) is 5.16 Å². The minimum absolute atomic E-state index is 0.154. The predicted octanol–water partition coefficient (Wildman–Crippen LogP) is 4.13. The molecule has 0 amide bonds. The van der Waals surface area contributed by atoms with E-state index in [4.69, 9.17) is 9.26 Å². The number of hydrogen-bond acceptors (Lipinski definition) is 4. The molecule has 0 fully saturated rings. The van der Waals surface area contributed by atoms with E-state index in [0.717, 1.165) is 22.3 Å². The molecule has 0 unspecified atom stereocenters. The molecule has 0 aliphatic carbocycles. The smallest absolute Gasteiger partial charge is 0.173 e. The van der Waals surface area contributed by atoms with Crippen LogP contribution in [0.25, 0.3) is 22.6 Å². The Kier molecular flexibility index (Phi) is 4.17. The molecule has 1 heterocycles. The molecule has 2 aromatic carbocycles. The molecule has 3 rings (SSSR count). The molecule has 3 aromatic rings. The van der Waals surface area contributed by atoms with E-state index in [1.54, 1.807) is 7.11 Å². The topological polar surface area (TPSA) is 55.5 Å². The highest BCUT2D eigenvalue weighted by Gasteiger charge is 2.20. The number of para-hydroxylation sites is 1. The van der Waals surface area contributed by atoms with Crippen LogP contribution in [0.4, 0.5) is 0 Å². The molecular formula is C19H19NO3. The number of hydrogen-bond donors (Lipinski definition) is 1. The van der Waals surface area contributed by atoms with E-state index in [-0.39, 0.29) is 6.61 Å². The first kappa shape index (κ1) is 15.3. The predicted molar refractivity (Wildman–Crippen MR) is 89.3 cm³/mol. The number of aryl methyl sites for hydroxylation is 2. The minimum atomic E-state index is -0.154. The van der Waals surface area contributed by atoms with Crippen molar-refractivity contribution in [3.05, 3.63) is 59.2 Å². The second-order valence-electron chi connectivity index (χ2n) is 5.57. The highest BCUT2D eigenvalue weighted by atomic mass is 16.5. The summed E-state index contributed by atoms with van der Waals surface area (Å²) in [7, 11) is 1.61. The summed E-state index contributed by atoms with van der Waals surface area (Å²) in [6, 6.07) is 13.7. The Morgan fingerprint density at radius 1 is 1.09 bits per heavy atom. The van der Waals surface area contributed by atoms with E-state index in [0.29, 0.717) is 22.8 Å². The zero-order valence-electron chi connectivity index (χ0n) is 13.5. The Hall–Kier alpha value is -2.59. The van der Waals surface area contributed by atoms with Gasteiger partial charge in [-0.25, -0.2) is 0 Å². The van der Waals surface area contributed by atoms with E-state index in [1.807, 2.05) is 50.2 Å². The third kappa shape index (κ3) is 2.85. The Morgan fingerprint density at radius 3 is 2.43 bits per heavy atom. The molecule has 0 bridgehead atoms. The SMILES string of the molecule is COc1ccccc1-c1noc(-c2cc(C)cc(C)c2)c1CO. The Morgan fingerprint density at radius 2 is 1.78 bits per heavy atom. The van der Waals surface area contributed by atoms with E-state index < -0.39 is 0 Å². The fourth-order valence-electron chi connectivity index (χ4n) is 2.84. The number of aromatic nitrogens is 1. The fraction of sp³-hybridized carbons (Fsp3) is 0.211. The van der Waals surface area contributed by atoms with Gasteiger partial charge < -0.3 is 14.4 Å². The van der Waals surface area contributed by atoms with Crippen molar-refractivity contribution < 1.29 is 14.4 Å². The maximum Gasteiger partial charge on any atom is 0.173 e. The molecule has 0 aliphatic rings. The standard InChI is InChI=1S/C19H19NO3/c1-12-8-13(2)10-14(9-12)19-16(11-21)18(20-23-19)15-6-4-5-7-17(15)22-3/h4-10,21H,11H2,1-3H3. The molecule has 0 atom stereocenters. The summed E-state index contributed by atoms with van der Waals surface area (Å²) in [5, 5.41) is 14.1.